The number of esters is 1. The molecule has 0 saturated heterocycles. The number of aryl methyl sites for hydroxylation is 3. The van der Waals surface area contributed by atoms with Crippen LogP contribution in [0.1, 0.15) is 28.2 Å². The quantitative estimate of drug-likeness (QED) is 0.788. The molecule has 27 heavy (non-hydrogen) atoms. The van der Waals surface area contributed by atoms with Crippen LogP contribution in [0.5, 0.6) is 5.75 Å². The fourth-order valence-electron chi connectivity index (χ4n) is 2.90. The average molecular weight is 372 g/mol. The summed E-state index contributed by atoms with van der Waals surface area (Å²) in [6.07, 6.45) is -1.19. The molecular formula is C18H20N4O5. The Morgan fingerprint density at radius 3 is 2.81 bits per heavy atom. The Hall–Kier alpha value is -3.36. The number of anilines is 2. The van der Waals surface area contributed by atoms with Crippen LogP contribution in [0, 0.1) is 13.8 Å². The van der Waals surface area contributed by atoms with Crippen LogP contribution in [-0.4, -0.2) is 40.8 Å². The van der Waals surface area contributed by atoms with Gasteiger partial charge >= 0.3 is 5.97 Å². The number of fused-ring (bicyclic) bond motifs is 1. The number of nitrogens with one attached hydrogen (secondary N) is 2. The van der Waals surface area contributed by atoms with Crippen LogP contribution >= 0.6 is 0 Å². The summed E-state index contributed by atoms with van der Waals surface area (Å²) in [7, 11) is 2.82. The maximum Gasteiger partial charge on any atom is 0.358 e. The summed E-state index contributed by atoms with van der Waals surface area (Å²) in [6, 6.07) is 5.40. The van der Waals surface area contributed by atoms with Gasteiger partial charge in [0.25, 0.3) is 5.91 Å². The number of hydrogen-bond donors (Lipinski definition) is 2. The summed E-state index contributed by atoms with van der Waals surface area (Å²) in [5.74, 6) is -0.999. The molecule has 1 aliphatic rings. The van der Waals surface area contributed by atoms with Crippen molar-refractivity contribution in [3.63, 3.8) is 0 Å². The maximum absolute atomic E-state index is 12.5. The van der Waals surface area contributed by atoms with Crippen LogP contribution in [0.15, 0.2) is 18.2 Å². The highest BCUT2D eigenvalue weighted by molar-refractivity contribution is 6.04. The third-order valence-electron chi connectivity index (χ3n) is 4.19. The van der Waals surface area contributed by atoms with E-state index in [1.54, 1.807) is 26.1 Å². The summed E-state index contributed by atoms with van der Waals surface area (Å²) in [5, 5.41) is 9.50. The Morgan fingerprint density at radius 1 is 1.37 bits per heavy atom. The third kappa shape index (κ3) is 3.62. The Morgan fingerprint density at radius 2 is 2.11 bits per heavy atom. The van der Waals surface area contributed by atoms with Crippen LogP contribution in [-0.2, 0) is 21.4 Å². The van der Waals surface area contributed by atoms with E-state index in [9.17, 15) is 14.4 Å². The molecule has 0 spiro atoms. The zero-order valence-electron chi connectivity index (χ0n) is 15.5. The van der Waals surface area contributed by atoms with Crippen molar-refractivity contribution in [2.75, 3.05) is 17.7 Å². The zero-order valence-corrected chi connectivity index (χ0v) is 15.5. The molecule has 2 N–H and O–H groups in total. The van der Waals surface area contributed by atoms with Crippen LogP contribution in [0.3, 0.4) is 0 Å². The van der Waals surface area contributed by atoms with Crippen LogP contribution in [0.4, 0.5) is 11.4 Å². The predicted octanol–water partition coefficient (Wildman–Crippen LogP) is 1.55. The van der Waals surface area contributed by atoms with Gasteiger partial charge in [-0.15, -0.1) is 0 Å². The summed E-state index contributed by atoms with van der Waals surface area (Å²) >= 11 is 0. The lowest BCUT2D eigenvalue weighted by atomic mass is 10.1. The molecule has 9 nitrogen and oxygen atoms in total. The molecule has 0 aliphatic carbocycles. The molecule has 0 fully saturated rings. The first-order chi connectivity index (χ1) is 12.8. The zero-order chi connectivity index (χ0) is 19.7. The minimum absolute atomic E-state index is 0.123. The number of hydrogen-bond acceptors (Lipinski definition) is 6. The molecule has 1 aromatic carbocycles. The highest BCUT2D eigenvalue weighted by Crippen LogP contribution is 2.31. The van der Waals surface area contributed by atoms with E-state index in [1.807, 2.05) is 13.0 Å². The Bertz CT molecular complexity index is 934. The van der Waals surface area contributed by atoms with Crippen molar-refractivity contribution < 1.29 is 23.9 Å². The number of carbonyl (C=O) groups excluding carboxylic acids is 3. The second-order valence-corrected chi connectivity index (χ2v) is 6.27. The lowest BCUT2D eigenvalue weighted by Crippen LogP contribution is -2.39. The van der Waals surface area contributed by atoms with Gasteiger partial charge in [0.1, 0.15) is 5.75 Å². The monoisotopic (exact) mass is 372 g/mol. The lowest BCUT2D eigenvalue weighted by Gasteiger charge is -2.25. The van der Waals surface area contributed by atoms with E-state index in [0.717, 1.165) is 5.56 Å². The highest BCUT2D eigenvalue weighted by atomic mass is 16.5. The molecule has 1 aliphatic heterocycles. The van der Waals surface area contributed by atoms with E-state index < -0.39 is 23.9 Å². The van der Waals surface area contributed by atoms with Gasteiger partial charge in [0.05, 0.1) is 30.6 Å². The molecule has 2 amide bonds. The van der Waals surface area contributed by atoms with Gasteiger partial charge in [-0.3, -0.25) is 14.3 Å². The van der Waals surface area contributed by atoms with Gasteiger partial charge in [-0.25, -0.2) is 4.79 Å². The molecule has 9 heteroatoms. The second kappa shape index (κ2) is 7.10. The standard InChI is InChI=1S/C18H20N4O5/c1-9-5-6-12-11(7-9)19-17(24)13(27-12)8-14(23)20-15-10(2)21-22(3)16(15)18(25)26-4/h5-7,13H,8H2,1-4H3,(H,19,24)(H,20,23). The van der Waals surface area contributed by atoms with Crippen LogP contribution in [0.25, 0.3) is 0 Å². The normalized spacial score (nSPS) is 15.4. The Labute approximate surface area is 155 Å². The molecule has 0 bridgehead atoms. The van der Waals surface area contributed by atoms with Crippen LogP contribution in [0.2, 0.25) is 0 Å². The number of carbonyl (C=O) groups is 3. The van der Waals surface area contributed by atoms with E-state index in [-0.39, 0.29) is 17.8 Å². The molecule has 0 saturated carbocycles. The van der Waals surface area contributed by atoms with Crippen molar-refractivity contribution in [2.24, 2.45) is 7.05 Å². The fraction of sp³-hybridized carbons (Fsp3) is 0.333. The van der Waals surface area contributed by atoms with Crippen molar-refractivity contribution in [1.82, 2.24) is 9.78 Å². The minimum atomic E-state index is -0.973. The number of rotatable bonds is 4. The Balaban J connectivity index is 1.75. The molecule has 0 radical (unpaired) electrons. The fourth-order valence-corrected chi connectivity index (χ4v) is 2.90. The smallest absolute Gasteiger partial charge is 0.358 e. The average Bonchev–Trinajstić information content (AvgIpc) is 2.88. The topological polar surface area (TPSA) is 112 Å². The first kappa shape index (κ1) is 18.4. The minimum Gasteiger partial charge on any atom is -0.478 e. The summed E-state index contributed by atoms with van der Waals surface area (Å²) in [6.45, 7) is 3.56. The first-order valence-electron chi connectivity index (χ1n) is 8.30. The van der Waals surface area contributed by atoms with Gasteiger partial charge < -0.3 is 20.1 Å². The van der Waals surface area contributed by atoms with Gasteiger partial charge in [0, 0.05) is 7.05 Å². The Kier molecular flexibility index (Phi) is 4.85. The number of amides is 2. The van der Waals surface area contributed by atoms with Crippen LogP contribution < -0.4 is 15.4 Å². The van der Waals surface area contributed by atoms with E-state index in [4.69, 9.17) is 9.47 Å². The van der Waals surface area contributed by atoms with Gasteiger partial charge in [-0.05, 0) is 31.5 Å². The van der Waals surface area contributed by atoms with Gasteiger partial charge in [0.2, 0.25) is 5.91 Å². The number of nitrogens with zero attached hydrogens (tertiary/aromatic N) is 2. The third-order valence-corrected chi connectivity index (χ3v) is 4.19. The number of ether oxygens (including phenoxy) is 2. The maximum atomic E-state index is 12.5. The summed E-state index contributed by atoms with van der Waals surface area (Å²) in [5.41, 5.74) is 2.39. The first-order valence-corrected chi connectivity index (χ1v) is 8.30. The van der Waals surface area contributed by atoms with E-state index in [2.05, 4.69) is 15.7 Å². The molecule has 3 rings (SSSR count). The molecule has 2 aromatic rings. The molecule has 2 heterocycles. The van der Waals surface area contributed by atoms with Crippen molar-refractivity contribution in [2.45, 2.75) is 26.4 Å². The molecular weight excluding hydrogens is 352 g/mol. The molecule has 142 valence electrons. The molecule has 1 aromatic heterocycles. The van der Waals surface area contributed by atoms with Crippen molar-refractivity contribution >= 4 is 29.2 Å². The van der Waals surface area contributed by atoms with Gasteiger partial charge in [-0.2, -0.15) is 5.10 Å². The summed E-state index contributed by atoms with van der Waals surface area (Å²) in [4.78, 5) is 36.6. The SMILES string of the molecule is COC(=O)c1c(NC(=O)CC2Oc3ccc(C)cc3NC2=O)c(C)nn1C. The molecule has 1 unspecified atom stereocenters. The number of aromatic nitrogens is 2. The molecule has 1 atom stereocenters. The number of benzene rings is 1. The largest absolute Gasteiger partial charge is 0.478 e. The lowest BCUT2D eigenvalue weighted by molar-refractivity contribution is -0.128. The van der Waals surface area contributed by atoms with Crippen molar-refractivity contribution in [1.29, 1.82) is 0 Å². The van der Waals surface area contributed by atoms with E-state index >= 15 is 0 Å². The van der Waals surface area contributed by atoms with E-state index in [1.165, 1.54) is 11.8 Å². The van der Waals surface area contributed by atoms with E-state index in [0.29, 0.717) is 17.1 Å². The van der Waals surface area contributed by atoms with Gasteiger partial charge in [-0.1, -0.05) is 6.07 Å². The predicted molar refractivity (Wildman–Crippen MR) is 96.8 cm³/mol. The van der Waals surface area contributed by atoms with Crippen molar-refractivity contribution in [3.05, 3.63) is 35.2 Å². The number of methoxy groups -OCH3 is 1. The van der Waals surface area contributed by atoms with Gasteiger partial charge in [0.15, 0.2) is 11.8 Å². The highest BCUT2D eigenvalue weighted by Gasteiger charge is 2.31. The second-order valence-electron chi connectivity index (χ2n) is 6.27. The summed E-state index contributed by atoms with van der Waals surface area (Å²) < 4.78 is 11.7. The van der Waals surface area contributed by atoms with Crippen molar-refractivity contribution in [3.8, 4) is 5.75 Å².